The van der Waals surface area contributed by atoms with Crippen molar-refractivity contribution >= 4 is 17.7 Å². The molecule has 0 aromatic heterocycles. The fourth-order valence-electron chi connectivity index (χ4n) is 2.59. The highest BCUT2D eigenvalue weighted by molar-refractivity contribution is 5.78. The van der Waals surface area contributed by atoms with Crippen LogP contribution in [0.25, 0.3) is 0 Å². The van der Waals surface area contributed by atoms with Crippen LogP contribution in [0.1, 0.15) is 33.6 Å². The lowest BCUT2D eigenvalue weighted by Crippen LogP contribution is -2.48. The number of anilines is 1. The number of nitrogens with two attached hydrogens (primary N) is 1. The summed E-state index contributed by atoms with van der Waals surface area (Å²) in [5.74, 6) is 0.507. The van der Waals surface area contributed by atoms with Gasteiger partial charge < -0.3 is 25.4 Å². The lowest BCUT2D eigenvalue weighted by atomic mass is 10.1. The predicted molar refractivity (Wildman–Crippen MR) is 95.3 cm³/mol. The first-order valence-corrected chi connectivity index (χ1v) is 8.48. The van der Waals surface area contributed by atoms with Gasteiger partial charge in [-0.2, -0.15) is 0 Å². The highest BCUT2D eigenvalue weighted by Gasteiger charge is 2.25. The van der Waals surface area contributed by atoms with Crippen LogP contribution in [0.4, 0.5) is 10.5 Å². The summed E-state index contributed by atoms with van der Waals surface area (Å²) in [6.07, 6.45) is 0.981. The zero-order valence-corrected chi connectivity index (χ0v) is 15.1. The van der Waals surface area contributed by atoms with E-state index in [9.17, 15) is 9.59 Å². The Bertz CT molecular complexity index is 605. The lowest BCUT2D eigenvalue weighted by molar-refractivity contribution is -0.134. The van der Waals surface area contributed by atoms with E-state index in [1.54, 1.807) is 29.2 Å². The molecule has 1 aliphatic heterocycles. The maximum Gasteiger partial charge on any atom is 0.407 e. The maximum atomic E-state index is 12.2. The van der Waals surface area contributed by atoms with E-state index in [-0.39, 0.29) is 18.6 Å². The lowest BCUT2D eigenvalue weighted by Gasteiger charge is -2.32. The van der Waals surface area contributed by atoms with Crippen LogP contribution < -0.4 is 15.8 Å². The molecule has 25 heavy (non-hydrogen) atoms. The smallest absolute Gasteiger partial charge is 0.407 e. The molecule has 2 amide bonds. The van der Waals surface area contributed by atoms with Crippen molar-refractivity contribution < 1.29 is 19.1 Å². The molecule has 0 atom stereocenters. The Hall–Kier alpha value is -2.44. The molecule has 1 fully saturated rings. The molecule has 0 aliphatic carbocycles. The summed E-state index contributed by atoms with van der Waals surface area (Å²) in [6, 6.07) is 7.01. The van der Waals surface area contributed by atoms with Crippen LogP contribution in [0.2, 0.25) is 0 Å². The number of alkyl carbamates (subject to hydrolysis) is 1. The molecule has 2 rings (SSSR count). The van der Waals surface area contributed by atoms with Gasteiger partial charge in [-0.15, -0.1) is 0 Å². The second-order valence-electron chi connectivity index (χ2n) is 7.16. The quantitative estimate of drug-likeness (QED) is 0.813. The number of rotatable bonds is 4. The normalized spacial score (nSPS) is 15.6. The Morgan fingerprint density at radius 1 is 1.28 bits per heavy atom. The summed E-state index contributed by atoms with van der Waals surface area (Å²) < 4.78 is 10.7. The number of nitrogen functional groups attached to an aromatic ring is 1. The predicted octanol–water partition coefficient (Wildman–Crippen LogP) is 2.16. The summed E-state index contributed by atoms with van der Waals surface area (Å²) in [5.41, 5.74) is 5.76. The Balaban J connectivity index is 1.72. The minimum absolute atomic E-state index is 0.0202. The van der Waals surface area contributed by atoms with Gasteiger partial charge in [-0.3, -0.25) is 4.79 Å². The summed E-state index contributed by atoms with van der Waals surface area (Å²) in [6.45, 7) is 6.63. The molecule has 1 aromatic rings. The number of nitrogens with zero attached hydrogens (tertiary/aromatic N) is 1. The fourth-order valence-corrected chi connectivity index (χ4v) is 2.59. The number of amides is 2. The average Bonchev–Trinajstić information content (AvgIpc) is 2.51. The van der Waals surface area contributed by atoms with E-state index in [2.05, 4.69) is 5.32 Å². The summed E-state index contributed by atoms with van der Waals surface area (Å²) >= 11 is 0. The van der Waals surface area contributed by atoms with Crippen molar-refractivity contribution in [1.29, 1.82) is 0 Å². The molecule has 0 saturated carbocycles. The number of hydrogen-bond acceptors (Lipinski definition) is 5. The molecule has 1 aliphatic rings. The first-order valence-electron chi connectivity index (χ1n) is 8.48. The summed E-state index contributed by atoms with van der Waals surface area (Å²) in [7, 11) is 0. The third-order valence-corrected chi connectivity index (χ3v) is 3.79. The highest BCUT2D eigenvalue weighted by atomic mass is 16.6. The first-order chi connectivity index (χ1) is 11.7. The van der Waals surface area contributed by atoms with Crippen molar-refractivity contribution in [3.8, 4) is 5.75 Å². The third-order valence-electron chi connectivity index (χ3n) is 3.79. The summed E-state index contributed by atoms with van der Waals surface area (Å²) in [4.78, 5) is 25.8. The molecule has 0 bridgehead atoms. The Labute approximate surface area is 148 Å². The Morgan fingerprint density at radius 3 is 2.56 bits per heavy atom. The average molecular weight is 349 g/mol. The van der Waals surface area contributed by atoms with Crippen LogP contribution in [0, 0.1) is 0 Å². The summed E-state index contributed by atoms with van der Waals surface area (Å²) in [5, 5.41) is 2.85. The number of piperidine rings is 1. The number of benzene rings is 1. The van der Waals surface area contributed by atoms with Gasteiger partial charge in [-0.25, -0.2) is 4.79 Å². The van der Waals surface area contributed by atoms with E-state index in [0.717, 1.165) is 0 Å². The molecule has 1 aromatic carbocycles. The fraction of sp³-hybridized carbons (Fsp3) is 0.556. The molecule has 1 heterocycles. The number of hydrogen-bond donors (Lipinski definition) is 2. The van der Waals surface area contributed by atoms with Gasteiger partial charge in [0.25, 0.3) is 5.91 Å². The van der Waals surface area contributed by atoms with Gasteiger partial charge in [0.05, 0.1) is 0 Å². The topological polar surface area (TPSA) is 93.9 Å². The molecule has 7 nitrogen and oxygen atoms in total. The zero-order chi connectivity index (χ0) is 18.4. The molecular formula is C18H27N3O4. The van der Waals surface area contributed by atoms with Crippen molar-refractivity contribution in [3.63, 3.8) is 0 Å². The van der Waals surface area contributed by atoms with Crippen LogP contribution in [0.3, 0.4) is 0 Å². The molecular weight excluding hydrogens is 322 g/mol. The number of ether oxygens (including phenoxy) is 2. The van der Waals surface area contributed by atoms with Crippen molar-refractivity contribution in [2.75, 3.05) is 25.4 Å². The van der Waals surface area contributed by atoms with Crippen molar-refractivity contribution in [2.45, 2.75) is 45.3 Å². The molecule has 0 spiro atoms. The zero-order valence-electron chi connectivity index (χ0n) is 15.1. The monoisotopic (exact) mass is 349 g/mol. The van der Waals surface area contributed by atoms with E-state index in [1.165, 1.54) is 0 Å². The van der Waals surface area contributed by atoms with Gasteiger partial charge in [-0.05, 0) is 45.7 Å². The van der Waals surface area contributed by atoms with Crippen LogP contribution in [0.15, 0.2) is 24.3 Å². The van der Waals surface area contributed by atoms with Crippen LogP contribution in [-0.2, 0) is 9.53 Å². The van der Waals surface area contributed by atoms with E-state index in [1.807, 2.05) is 20.8 Å². The van der Waals surface area contributed by atoms with Crippen LogP contribution in [-0.4, -0.2) is 48.2 Å². The van der Waals surface area contributed by atoms with Gasteiger partial charge >= 0.3 is 6.09 Å². The minimum atomic E-state index is -0.515. The van der Waals surface area contributed by atoms with Gasteiger partial charge in [0, 0.05) is 30.9 Å². The van der Waals surface area contributed by atoms with Crippen LogP contribution >= 0.6 is 0 Å². The third kappa shape index (κ3) is 6.52. The largest absolute Gasteiger partial charge is 0.484 e. The number of likely N-dealkylation sites (tertiary alicyclic amines) is 1. The second kappa shape index (κ2) is 8.09. The Kier molecular flexibility index (Phi) is 6.12. The first kappa shape index (κ1) is 18.9. The number of nitrogens with one attached hydrogen (secondary N) is 1. The van der Waals surface area contributed by atoms with Gasteiger partial charge in [-0.1, -0.05) is 6.07 Å². The second-order valence-corrected chi connectivity index (χ2v) is 7.16. The SMILES string of the molecule is CC(C)(C)OC(=O)NC1CCN(C(=O)COc2cccc(N)c2)CC1. The highest BCUT2D eigenvalue weighted by Crippen LogP contribution is 2.16. The maximum absolute atomic E-state index is 12.2. The molecule has 1 saturated heterocycles. The van der Waals surface area contributed by atoms with E-state index in [0.29, 0.717) is 37.4 Å². The van der Waals surface area contributed by atoms with Gasteiger partial charge in [0.1, 0.15) is 11.4 Å². The van der Waals surface area contributed by atoms with E-state index >= 15 is 0 Å². The van der Waals surface area contributed by atoms with E-state index in [4.69, 9.17) is 15.2 Å². The van der Waals surface area contributed by atoms with Crippen molar-refractivity contribution in [1.82, 2.24) is 10.2 Å². The molecule has 0 unspecified atom stereocenters. The van der Waals surface area contributed by atoms with Crippen molar-refractivity contribution in [3.05, 3.63) is 24.3 Å². The van der Waals surface area contributed by atoms with Gasteiger partial charge in [0.15, 0.2) is 6.61 Å². The Morgan fingerprint density at radius 2 is 1.96 bits per heavy atom. The molecule has 7 heteroatoms. The molecule has 0 radical (unpaired) electrons. The standard InChI is InChI=1S/C18H27N3O4/c1-18(2,3)25-17(23)20-14-7-9-21(10-8-14)16(22)12-24-15-6-4-5-13(19)11-15/h4-6,11,14H,7-10,12,19H2,1-3H3,(H,20,23). The molecule has 138 valence electrons. The van der Waals surface area contributed by atoms with E-state index < -0.39 is 11.7 Å². The minimum Gasteiger partial charge on any atom is -0.484 e. The van der Waals surface area contributed by atoms with Crippen molar-refractivity contribution in [2.24, 2.45) is 0 Å². The molecule has 3 N–H and O–H groups in total. The number of carbonyl (C=O) groups excluding carboxylic acids is 2. The van der Waals surface area contributed by atoms with Gasteiger partial charge in [0.2, 0.25) is 0 Å². The van der Waals surface area contributed by atoms with Crippen LogP contribution in [0.5, 0.6) is 5.75 Å². The number of carbonyl (C=O) groups is 2.